The van der Waals surface area contributed by atoms with E-state index in [0.29, 0.717) is 57.5 Å². The standard InChI is InChI=1S/C23H45N7O4/c1-4-34-23(32)21(10-6-8-12-28-18(3)25)30-15-19(30)16-33-14-13-29-22(31)20(26)9-5-7-11-27-17(2)24/h19-21H,4-16,26H2,1-3H3,(H2,24,27)(H2,25,28)(H,29,31). The Morgan fingerprint density at radius 3 is 2.26 bits per heavy atom. The molecule has 0 aromatic heterocycles. The van der Waals surface area contributed by atoms with Gasteiger partial charge in [0.05, 0.1) is 37.5 Å². The highest BCUT2D eigenvalue weighted by molar-refractivity contribution is 5.81. The molecule has 1 aliphatic heterocycles. The third-order valence-corrected chi connectivity index (χ3v) is 5.44. The van der Waals surface area contributed by atoms with Gasteiger partial charge in [-0.1, -0.05) is 0 Å². The zero-order valence-electron chi connectivity index (χ0n) is 21.1. The number of aliphatic imine (C=N–C) groups is 2. The molecule has 0 radical (unpaired) electrons. The van der Waals surface area contributed by atoms with E-state index in [-0.39, 0.29) is 24.0 Å². The first-order valence-electron chi connectivity index (χ1n) is 12.3. The van der Waals surface area contributed by atoms with Crippen molar-refractivity contribution in [3.05, 3.63) is 0 Å². The van der Waals surface area contributed by atoms with Crippen LogP contribution in [0.2, 0.25) is 0 Å². The molecular weight excluding hydrogens is 438 g/mol. The van der Waals surface area contributed by atoms with E-state index in [0.717, 1.165) is 38.6 Å². The average Bonchev–Trinajstić information content (AvgIpc) is 3.54. The number of hydrogen-bond acceptors (Lipinski definition) is 8. The second-order valence-corrected chi connectivity index (χ2v) is 8.63. The molecule has 1 aliphatic rings. The van der Waals surface area contributed by atoms with Crippen molar-refractivity contribution in [1.29, 1.82) is 0 Å². The fourth-order valence-corrected chi connectivity index (χ4v) is 3.55. The molecule has 11 nitrogen and oxygen atoms in total. The predicted molar refractivity (Wildman–Crippen MR) is 135 cm³/mol. The maximum atomic E-state index is 12.4. The molecule has 0 aromatic carbocycles. The molecule has 4 unspecified atom stereocenters. The summed E-state index contributed by atoms with van der Waals surface area (Å²) < 4.78 is 11.0. The topological polar surface area (TPSA) is 170 Å². The van der Waals surface area contributed by atoms with Crippen molar-refractivity contribution >= 4 is 23.5 Å². The van der Waals surface area contributed by atoms with Crippen molar-refractivity contribution in [3.63, 3.8) is 0 Å². The first-order valence-corrected chi connectivity index (χ1v) is 12.3. The van der Waals surface area contributed by atoms with E-state index in [9.17, 15) is 9.59 Å². The van der Waals surface area contributed by atoms with Gasteiger partial charge in [-0.25, -0.2) is 0 Å². The third kappa shape index (κ3) is 13.5. The third-order valence-electron chi connectivity index (χ3n) is 5.44. The van der Waals surface area contributed by atoms with Crippen LogP contribution in [-0.4, -0.2) is 92.6 Å². The SMILES string of the molecule is CCOC(=O)C(CCCCN=C(C)N)N1CC1COCCNC(=O)C(N)CCCCN=C(C)N. The summed E-state index contributed by atoms with van der Waals surface area (Å²) in [4.78, 5) is 34.9. The molecule has 0 saturated carbocycles. The highest BCUT2D eigenvalue weighted by Crippen LogP contribution is 2.25. The zero-order chi connectivity index (χ0) is 25.3. The van der Waals surface area contributed by atoms with Crippen LogP contribution in [0.4, 0.5) is 0 Å². The fourth-order valence-electron chi connectivity index (χ4n) is 3.55. The van der Waals surface area contributed by atoms with Crippen LogP contribution >= 0.6 is 0 Å². The van der Waals surface area contributed by atoms with Gasteiger partial charge in [0.2, 0.25) is 5.91 Å². The lowest BCUT2D eigenvalue weighted by atomic mass is 10.1. The van der Waals surface area contributed by atoms with Crippen LogP contribution in [0, 0.1) is 0 Å². The Morgan fingerprint density at radius 2 is 1.68 bits per heavy atom. The van der Waals surface area contributed by atoms with Crippen molar-refractivity contribution in [2.45, 2.75) is 77.4 Å². The predicted octanol–water partition coefficient (Wildman–Crippen LogP) is 0.157. The summed E-state index contributed by atoms with van der Waals surface area (Å²) in [5, 5.41) is 2.81. The van der Waals surface area contributed by atoms with Gasteiger partial charge in [0.25, 0.3) is 0 Å². The maximum absolute atomic E-state index is 12.4. The minimum Gasteiger partial charge on any atom is -0.465 e. The number of rotatable bonds is 19. The fraction of sp³-hybridized carbons (Fsp3) is 0.826. The summed E-state index contributed by atoms with van der Waals surface area (Å²) >= 11 is 0. The monoisotopic (exact) mass is 483 g/mol. The van der Waals surface area contributed by atoms with Crippen LogP contribution in [0.5, 0.6) is 0 Å². The summed E-state index contributed by atoms with van der Waals surface area (Å²) in [5.41, 5.74) is 17.0. The summed E-state index contributed by atoms with van der Waals surface area (Å²) in [7, 11) is 0. The van der Waals surface area contributed by atoms with Crippen molar-refractivity contribution < 1.29 is 19.1 Å². The van der Waals surface area contributed by atoms with Crippen molar-refractivity contribution in [3.8, 4) is 0 Å². The highest BCUT2D eigenvalue weighted by atomic mass is 16.5. The van der Waals surface area contributed by atoms with Gasteiger partial charge < -0.3 is 32.0 Å². The van der Waals surface area contributed by atoms with Crippen LogP contribution in [-0.2, 0) is 19.1 Å². The molecule has 1 heterocycles. The minimum atomic E-state index is -0.535. The molecule has 0 aromatic rings. The van der Waals surface area contributed by atoms with E-state index in [2.05, 4.69) is 20.2 Å². The largest absolute Gasteiger partial charge is 0.465 e. The number of esters is 1. The Morgan fingerprint density at radius 1 is 1.06 bits per heavy atom. The number of nitrogens with two attached hydrogens (primary N) is 3. The van der Waals surface area contributed by atoms with Gasteiger partial charge in [0, 0.05) is 32.2 Å². The lowest BCUT2D eigenvalue weighted by Crippen LogP contribution is -2.41. The van der Waals surface area contributed by atoms with Crippen LogP contribution in [0.25, 0.3) is 0 Å². The van der Waals surface area contributed by atoms with Gasteiger partial charge in [0.1, 0.15) is 6.04 Å². The first-order chi connectivity index (χ1) is 16.3. The van der Waals surface area contributed by atoms with Crippen molar-refractivity contribution in [2.75, 3.05) is 46.0 Å². The summed E-state index contributed by atoms with van der Waals surface area (Å²) in [6, 6.07) is -0.600. The Kier molecular flexibility index (Phi) is 15.1. The lowest BCUT2D eigenvalue weighted by molar-refractivity contribution is -0.148. The second-order valence-electron chi connectivity index (χ2n) is 8.63. The van der Waals surface area contributed by atoms with Gasteiger partial charge in [-0.05, 0) is 59.3 Å². The van der Waals surface area contributed by atoms with Crippen LogP contribution in [0.1, 0.15) is 59.3 Å². The maximum Gasteiger partial charge on any atom is 0.323 e. The molecule has 11 heteroatoms. The second kappa shape index (κ2) is 17.2. The number of amides is 1. The molecule has 1 fully saturated rings. The molecule has 7 N–H and O–H groups in total. The quantitative estimate of drug-likeness (QED) is 0.0661. The van der Waals surface area contributed by atoms with Gasteiger partial charge in [-0.2, -0.15) is 0 Å². The average molecular weight is 484 g/mol. The van der Waals surface area contributed by atoms with E-state index in [1.54, 1.807) is 13.8 Å². The highest BCUT2D eigenvalue weighted by Gasteiger charge is 2.43. The van der Waals surface area contributed by atoms with Crippen molar-refractivity contribution in [2.24, 2.45) is 27.2 Å². The lowest BCUT2D eigenvalue weighted by Gasteiger charge is -2.17. The van der Waals surface area contributed by atoms with E-state index in [1.807, 2.05) is 6.92 Å². The van der Waals surface area contributed by atoms with Crippen LogP contribution < -0.4 is 22.5 Å². The van der Waals surface area contributed by atoms with E-state index < -0.39 is 6.04 Å². The van der Waals surface area contributed by atoms with Gasteiger partial charge in [-0.3, -0.25) is 24.5 Å². The molecule has 0 spiro atoms. The van der Waals surface area contributed by atoms with Gasteiger partial charge >= 0.3 is 5.97 Å². The molecule has 196 valence electrons. The number of nitrogens with zero attached hydrogens (tertiary/aromatic N) is 3. The van der Waals surface area contributed by atoms with Crippen LogP contribution in [0.3, 0.4) is 0 Å². The number of ether oxygens (including phenoxy) is 2. The van der Waals surface area contributed by atoms with Gasteiger partial charge in [0.15, 0.2) is 0 Å². The molecule has 1 rings (SSSR count). The molecule has 0 bridgehead atoms. The van der Waals surface area contributed by atoms with E-state index >= 15 is 0 Å². The summed E-state index contributed by atoms with van der Waals surface area (Å²) in [6.07, 6.45) is 4.75. The Labute approximate surface area is 203 Å². The van der Waals surface area contributed by atoms with E-state index in [1.165, 1.54) is 0 Å². The normalized spacial score (nSPS) is 20.0. The first kappa shape index (κ1) is 29.8. The van der Waals surface area contributed by atoms with Crippen LogP contribution in [0.15, 0.2) is 9.98 Å². The molecule has 0 aliphatic carbocycles. The number of hydrogen-bond donors (Lipinski definition) is 4. The number of nitrogens with one attached hydrogen (secondary N) is 1. The molecule has 1 amide bonds. The number of carbonyl (C=O) groups excluding carboxylic acids is 2. The molecule has 1 saturated heterocycles. The Balaban J connectivity index is 2.21. The molecule has 34 heavy (non-hydrogen) atoms. The molecular formula is C23H45N7O4. The Bertz CT molecular complexity index is 664. The smallest absolute Gasteiger partial charge is 0.323 e. The minimum absolute atomic E-state index is 0.174. The van der Waals surface area contributed by atoms with Gasteiger partial charge in [-0.15, -0.1) is 0 Å². The number of amidine groups is 2. The van der Waals surface area contributed by atoms with E-state index in [4.69, 9.17) is 26.7 Å². The van der Waals surface area contributed by atoms with Crippen molar-refractivity contribution in [1.82, 2.24) is 10.2 Å². The summed E-state index contributed by atoms with van der Waals surface area (Å²) in [5.74, 6) is 0.782. The number of carbonyl (C=O) groups is 2. The summed E-state index contributed by atoms with van der Waals surface area (Å²) in [6.45, 7) is 9.13. The number of unbranched alkanes of at least 4 members (excludes halogenated alkanes) is 2. The Hall–Kier alpha value is -2.24. The zero-order valence-corrected chi connectivity index (χ0v) is 21.1. The molecule has 4 atom stereocenters.